The minimum Gasteiger partial charge on any atom is -0.382 e. The van der Waals surface area contributed by atoms with Gasteiger partial charge in [0.1, 0.15) is 23.6 Å². The van der Waals surface area contributed by atoms with Crippen LogP contribution in [-0.4, -0.2) is 94.9 Å². The summed E-state index contributed by atoms with van der Waals surface area (Å²) in [4.78, 5) is 43.5. The van der Waals surface area contributed by atoms with Crippen LogP contribution in [0.4, 0.5) is 37.0 Å². The summed E-state index contributed by atoms with van der Waals surface area (Å²) in [6.45, 7) is -0.359. The molecule has 0 unspecified atom stereocenters. The number of nitrogens with zero attached hydrogens (tertiary/aromatic N) is 4. The van der Waals surface area contributed by atoms with Crippen LogP contribution in [0, 0.1) is 0 Å². The van der Waals surface area contributed by atoms with Crippen molar-refractivity contribution in [2.75, 3.05) is 32.2 Å². The van der Waals surface area contributed by atoms with Gasteiger partial charge in [-0.05, 0) is 49.5 Å². The van der Waals surface area contributed by atoms with E-state index in [-0.39, 0.29) is 35.3 Å². The number of hydrogen-bond acceptors (Lipinski definition) is 9. The van der Waals surface area contributed by atoms with E-state index in [0.717, 1.165) is 31.6 Å². The molecule has 3 N–H and O–H groups in total. The van der Waals surface area contributed by atoms with Gasteiger partial charge in [-0.15, -0.1) is 0 Å². The third-order valence-electron chi connectivity index (χ3n) is 7.06. The lowest BCUT2D eigenvalue weighted by Crippen LogP contribution is -2.51. The smallest absolute Gasteiger partial charge is 0.382 e. The standard InChI is InChI=1S/C25H29F6N7O6/c1-23(2,25(29,30)31)43-10-14(33-21(40)19-18(12-4-5-12)36-44-37-19)20(39)35-17-8-13(6-7-32-17)15(11-42-3)38-9-16(24(26,27)28)34-22(38)41/h6-8,12,14-16H,4-5,9-11H2,1-3H3,(H,33,40)(H,34,41)(H,32,35,39)/t14-,15+,16-/m0/s1. The SMILES string of the molecule is COC[C@H](c1ccnc(NC(=O)[C@H](COC(C)(C)C(F)(F)F)NC(=O)c2nonc2C2CC2)c1)N1C[C@@H](C(F)(F)F)NC1=O. The number of ether oxygens (including phenoxy) is 2. The van der Waals surface area contributed by atoms with Crippen LogP contribution >= 0.6 is 0 Å². The van der Waals surface area contributed by atoms with E-state index in [9.17, 15) is 40.7 Å². The molecular weight excluding hydrogens is 608 g/mol. The highest BCUT2D eigenvalue weighted by molar-refractivity contribution is 6.00. The molecular formula is C25H29F6N7O6. The maximum Gasteiger partial charge on any atom is 0.416 e. The summed E-state index contributed by atoms with van der Waals surface area (Å²) in [5.41, 5.74) is -2.45. The van der Waals surface area contributed by atoms with E-state index in [2.05, 4.69) is 30.6 Å². The Morgan fingerprint density at radius 1 is 1.16 bits per heavy atom. The third kappa shape index (κ3) is 7.55. The molecule has 0 radical (unpaired) electrons. The Balaban J connectivity index is 1.54. The molecule has 242 valence electrons. The van der Waals surface area contributed by atoms with E-state index in [1.165, 1.54) is 25.4 Å². The Morgan fingerprint density at radius 2 is 1.86 bits per heavy atom. The number of halogens is 6. The second kappa shape index (κ2) is 12.5. The predicted molar refractivity (Wildman–Crippen MR) is 136 cm³/mol. The molecule has 0 spiro atoms. The Labute approximate surface area is 246 Å². The Bertz CT molecular complexity index is 1360. The number of hydrogen-bond donors (Lipinski definition) is 3. The van der Waals surface area contributed by atoms with Crippen LogP contribution in [0.25, 0.3) is 0 Å². The number of carbonyl (C=O) groups is 3. The molecule has 1 aliphatic heterocycles. The fourth-order valence-corrected chi connectivity index (χ4v) is 4.23. The number of anilines is 1. The highest BCUT2D eigenvalue weighted by Gasteiger charge is 2.50. The topological polar surface area (TPSA) is 161 Å². The average Bonchev–Trinajstić information content (AvgIpc) is 3.51. The molecule has 2 aromatic heterocycles. The first-order valence-electron chi connectivity index (χ1n) is 13.3. The van der Waals surface area contributed by atoms with Crippen molar-refractivity contribution in [1.82, 2.24) is 30.8 Å². The van der Waals surface area contributed by atoms with Gasteiger partial charge in [-0.1, -0.05) is 5.16 Å². The van der Waals surface area contributed by atoms with Gasteiger partial charge in [-0.25, -0.2) is 14.4 Å². The summed E-state index contributed by atoms with van der Waals surface area (Å²) in [6, 6.07) is -3.19. The number of carbonyl (C=O) groups excluding carboxylic acids is 3. The first-order valence-corrected chi connectivity index (χ1v) is 13.3. The van der Waals surface area contributed by atoms with Crippen LogP contribution in [0.2, 0.25) is 0 Å². The van der Waals surface area contributed by atoms with Crippen LogP contribution in [0.1, 0.15) is 60.4 Å². The lowest BCUT2D eigenvalue weighted by atomic mass is 10.1. The normalized spacial score (nSPS) is 19.0. The van der Waals surface area contributed by atoms with E-state index in [0.29, 0.717) is 0 Å². The molecule has 1 saturated heterocycles. The number of urea groups is 1. The van der Waals surface area contributed by atoms with Crippen molar-refractivity contribution in [1.29, 1.82) is 0 Å². The highest BCUT2D eigenvalue weighted by Crippen LogP contribution is 2.40. The Kier molecular flexibility index (Phi) is 9.38. The van der Waals surface area contributed by atoms with Gasteiger partial charge in [0, 0.05) is 19.2 Å². The average molecular weight is 638 g/mol. The van der Waals surface area contributed by atoms with Gasteiger partial charge in [0.2, 0.25) is 0 Å². The molecule has 4 rings (SSSR count). The summed E-state index contributed by atoms with van der Waals surface area (Å²) in [5, 5.41) is 13.8. The minimum absolute atomic E-state index is 0.0780. The van der Waals surface area contributed by atoms with E-state index >= 15 is 0 Å². The van der Waals surface area contributed by atoms with E-state index in [4.69, 9.17) is 9.47 Å². The first kappa shape index (κ1) is 32.9. The number of rotatable bonds is 12. The number of methoxy groups -OCH3 is 1. The molecule has 2 fully saturated rings. The summed E-state index contributed by atoms with van der Waals surface area (Å²) >= 11 is 0. The first-order chi connectivity index (χ1) is 20.5. The van der Waals surface area contributed by atoms with E-state index < -0.39 is 67.1 Å². The molecule has 2 aliphatic rings. The van der Waals surface area contributed by atoms with Gasteiger partial charge >= 0.3 is 18.4 Å². The van der Waals surface area contributed by atoms with Crippen molar-refractivity contribution >= 4 is 23.7 Å². The maximum absolute atomic E-state index is 13.4. The number of amides is 4. The van der Waals surface area contributed by atoms with Crippen LogP contribution in [0.5, 0.6) is 0 Å². The van der Waals surface area contributed by atoms with E-state index in [1.54, 1.807) is 0 Å². The van der Waals surface area contributed by atoms with Crippen molar-refractivity contribution in [3.8, 4) is 0 Å². The Hall–Kier alpha value is -4.00. The maximum atomic E-state index is 13.4. The molecule has 3 atom stereocenters. The second-order valence-corrected chi connectivity index (χ2v) is 10.7. The zero-order valence-corrected chi connectivity index (χ0v) is 23.6. The Morgan fingerprint density at radius 3 is 2.45 bits per heavy atom. The minimum atomic E-state index is -4.81. The van der Waals surface area contributed by atoms with Gasteiger partial charge in [0.05, 0.1) is 25.8 Å². The van der Waals surface area contributed by atoms with Gasteiger partial charge in [-0.2, -0.15) is 26.3 Å². The van der Waals surface area contributed by atoms with Gasteiger partial charge < -0.3 is 30.3 Å². The van der Waals surface area contributed by atoms with Crippen molar-refractivity contribution in [3.63, 3.8) is 0 Å². The molecule has 1 aliphatic carbocycles. The van der Waals surface area contributed by atoms with Crippen molar-refractivity contribution in [3.05, 3.63) is 35.3 Å². The van der Waals surface area contributed by atoms with Crippen molar-refractivity contribution in [2.45, 2.75) is 68.7 Å². The zero-order chi connectivity index (χ0) is 32.4. The van der Waals surface area contributed by atoms with Gasteiger partial charge in [0.25, 0.3) is 11.8 Å². The zero-order valence-electron chi connectivity index (χ0n) is 23.6. The third-order valence-corrected chi connectivity index (χ3v) is 7.06. The highest BCUT2D eigenvalue weighted by atomic mass is 19.4. The summed E-state index contributed by atoms with van der Waals surface area (Å²) < 4.78 is 94.8. The largest absolute Gasteiger partial charge is 0.416 e. The van der Waals surface area contributed by atoms with Gasteiger partial charge in [0.15, 0.2) is 11.3 Å². The molecule has 0 aromatic carbocycles. The summed E-state index contributed by atoms with van der Waals surface area (Å²) in [5.74, 6) is -2.24. The van der Waals surface area contributed by atoms with Crippen molar-refractivity contribution < 1.29 is 54.8 Å². The second-order valence-electron chi connectivity index (χ2n) is 10.7. The lowest BCUT2D eigenvalue weighted by molar-refractivity contribution is -0.264. The molecule has 0 bridgehead atoms. The van der Waals surface area contributed by atoms with Crippen LogP contribution < -0.4 is 16.0 Å². The monoisotopic (exact) mass is 637 g/mol. The number of nitrogens with one attached hydrogen (secondary N) is 3. The number of alkyl halides is 6. The van der Waals surface area contributed by atoms with Crippen LogP contribution in [0.3, 0.4) is 0 Å². The predicted octanol–water partition coefficient (Wildman–Crippen LogP) is 3.08. The molecule has 2 aromatic rings. The van der Waals surface area contributed by atoms with Crippen LogP contribution in [0.15, 0.2) is 23.0 Å². The van der Waals surface area contributed by atoms with Crippen LogP contribution in [-0.2, 0) is 14.3 Å². The molecule has 13 nitrogen and oxygen atoms in total. The number of pyridine rings is 1. The van der Waals surface area contributed by atoms with E-state index in [1.807, 2.05) is 5.32 Å². The molecule has 19 heteroatoms. The summed E-state index contributed by atoms with van der Waals surface area (Å²) in [7, 11) is 1.28. The number of aromatic nitrogens is 3. The molecule has 44 heavy (non-hydrogen) atoms. The van der Waals surface area contributed by atoms with Crippen molar-refractivity contribution in [2.24, 2.45) is 0 Å². The molecule has 4 amide bonds. The molecule has 3 heterocycles. The lowest BCUT2D eigenvalue weighted by Gasteiger charge is -2.30. The molecule has 1 saturated carbocycles. The summed E-state index contributed by atoms with van der Waals surface area (Å²) in [6.07, 6.45) is -6.86. The fraction of sp³-hybridized carbons (Fsp3) is 0.600. The fourth-order valence-electron chi connectivity index (χ4n) is 4.23. The van der Waals surface area contributed by atoms with Gasteiger partial charge in [-0.3, -0.25) is 9.59 Å². The quantitative estimate of drug-likeness (QED) is 0.297.